The Balaban J connectivity index is 0.00000331. The van der Waals surface area contributed by atoms with Crippen LogP contribution in [-0.2, 0) is 33.3 Å². The summed E-state index contributed by atoms with van der Waals surface area (Å²) in [5.74, 6) is -4.33. The summed E-state index contributed by atoms with van der Waals surface area (Å²) in [4.78, 5) is 26.6. The maximum Gasteiger partial charge on any atom is 0.309 e. The Bertz CT molecular complexity index is 1300. The zero-order valence-electron chi connectivity index (χ0n) is 36.3. The van der Waals surface area contributed by atoms with Crippen LogP contribution in [-0.4, -0.2) is 98.2 Å². The van der Waals surface area contributed by atoms with Gasteiger partial charge in [-0.05, 0) is 96.8 Å². The molecule has 0 aromatic heterocycles. The maximum atomic E-state index is 14.5. The molecule has 0 aromatic carbocycles. The van der Waals surface area contributed by atoms with E-state index in [0.29, 0.717) is 32.1 Å². The molecule has 5 aliphatic rings. The molecule has 5 rings (SSSR count). The molecule has 0 aliphatic carbocycles. The molecule has 2 unspecified atom stereocenters. The fourth-order valence-corrected chi connectivity index (χ4v) is 11.3. The summed E-state index contributed by atoms with van der Waals surface area (Å²) < 4.78 is 34.3. The number of ether oxygens (including phenoxy) is 5. The predicted octanol–water partition coefficient (Wildman–Crippen LogP) is 7.44. The van der Waals surface area contributed by atoms with Crippen molar-refractivity contribution in [2.45, 2.75) is 219 Å². The standard InChI is InChI=1S/C43H74O10.CH4O/c1-12-31(35(45)28(7)34(44)29(8)36-25(4)16-20-39(10,50-36)32(13-2)38(46)47)37-26(5)24-27(6)43(51-37)19-15-18-42(53-43)23-22-40(11,52-42)33-17-21-41(48,14-3)30(9)49-33;1-2/h25-34,36-37,44,48H,12-24H2,1-11H3,(H,46,47);2H,1H3/t25-,26-,27+,28-,29-,30-,31-,32-,33+,34+,36?,37?,39+,40-,41+,42+,43-;/m0./s1. The first-order chi connectivity index (χ1) is 25.7. The van der Waals surface area contributed by atoms with Crippen molar-refractivity contribution in [3.8, 4) is 0 Å². The minimum atomic E-state index is -0.958. The summed E-state index contributed by atoms with van der Waals surface area (Å²) in [5.41, 5.74) is -2.19. The van der Waals surface area contributed by atoms with Gasteiger partial charge in [0.1, 0.15) is 5.78 Å². The van der Waals surface area contributed by atoms with Gasteiger partial charge >= 0.3 is 5.97 Å². The van der Waals surface area contributed by atoms with Gasteiger partial charge in [-0.15, -0.1) is 0 Å². The largest absolute Gasteiger partial charge is 0.481 e. The van der Waals surface area contributed by atoms with E-state index in [1.54, 1.807) is 0 Å². The Hall–Kier alpha value is -1.18. The van der Waals surface area contributed by atoms with Gasteiger partial charge in [-0.25, -0.2) is 0 Å². The Morgan fingerprint density at radius 2 is 1.49 bits per heavy atom. The molecule has 5 aliphatic heterocycles. The van der Waals surface area contributed by atoms with Gasteiger partial charge in [-0.1, -0.05) is 55.4 Å². The second-order valence-corrected chi connectivity index (χ2v) is 18.8. The molecule has 0 amide bonds. The molecule has 5 saturated heterocycles. The molecule has 0 aromatic rings. The number of carboxylic acid groups (broad SMARTS) is 1. The molecule has 5 fully saturated rings. The fraction of sp³-hybridized carbons (Fsp3) is 0.955. The van der Waals surface area contributed by atoms with Crippen molar-refractivity contribution < 1.29 is 53.7 Å². The molecule has 0 radical (unpaired) electrons. The highest BCUT2D eigenvalue weighted by atomic mass is 16.8. The first kappa shape index (κ1) is 46.5. The Labute approximate surface area is 331 Å². The monoisotopic (exact) mass is 783 g/mol. The van der Waals surface area contributed by atoms with Crippen molar-refractivity contribution >= 4 is 11.8 Å². The average Bonchev–Trinajstić information content (AvgIpc) is 3.48. The highest BCUT2D eigenvalue weighted by Crippen LogP contribution is 2.56. The number of hydrogen-bond donors (Lipinski definition) is 4. The van der Waals surface area contributed by atoms with Gasteiger partial charge in [0.05, 0.1) is 53.2 Å². The summed E-state index contributed by atoms with van der Waals surface area (Å²) in [6, 6.07) is 0. The van der Waals surface area contributed by atoms with Crippen LogP contribution in [0.2, 0.25) is 0 Å². The lowest BCUT2D eigenvalue weighted by molar-refractivity contribution is -0.424. The summed E-state index contributed by atoms with van der Waals surface area (Å²) in [6.45, 7) is 22.1. The smallest absolute Gasteiger partial charge is 0.309 e. The molecule has 0 bridgehead atoms. The highest BCUT2D eigenvalue weighted by molar-refractivity contribution is 5.84. The zero-order chi connectivity index (χ0) is 41.3. The molecule has 17 atom stereocenters. The van der Waals surface area contributed by atoms with Crippen LogP contribution in [0.3, 0.4) is 0 Å². The molecular formula is C44H78O11. The normalized spacial score (nSPS) is 44.9. The van der Waals surface area contributed by atoms with Crippen LogP contribution >= 0.6 is 0 Å². The Morgan fingerprint density at radius 1 is 0.818 bits per heavy atom. The topological polar surface area (TPSA) is 161 Å². The Kier molecular flexibility index (Phi) is 15.2. The van der Waals surface area contributed by atoms with Crippen molar-refractivity contribution in [1.29, 1.82) is 0 Å². The van der Waals surface area contributed by atoms with Gasteiger partial charge in [0.25, 0.3) is 0 Å². The molecule has 55 heavy (non-hydrogen) atoms. The van der Waals surface area contributed by atoms with Crippen molar-refractivity contribution in [3.63, 3.8) is 0 Å². The van der Waals surface area contributed by atoms with Crippen LogP contribution in [0.1, 0.15) is 160 Å². The second kappa shape index (κ2) is 18.0. The number of Topliss-reactive ketones (excluding diaryl/α,β-unsaturated/α-hetero) is 1. The van der Waals surface area contributed by atoms with E-state index in [0.717, 1.165) is 58.5 Å². The molecule has 11 heteroatoms. The van der Waals surface area contributed by atoms with Crippen molar-refractivity contribution in [1.82, 2.24) is 0 Å². The molecule has 2 spiro atoms. The third kappa shape index (κ3) is 9.04. The molecule has 320 valence electrons. The number of rotatable bonds is 12. The molecular weight excluding hydrogens is 704 g/mol. The minimum Gasteiger partial charge on any atom is -0.481 e. The number of aliphatic hydroxyl groups excluding tert-OH is 2. The predicted molar refractivity (Wildman–Crippen MR) is 210 cm³/mol. The number of ketones is 1. The summed E-state index contributed by atoms with van der Waals surface area (Å²) in [5, 5.41) is 39.8. The van der Waals surface area contributed by atoms with E-state index in [9.17, 15) is 24.9 Å². The zero-order valence-corrected chi connectivity index (χ0v) is 36.3. The van der Waals surface area contributed by atoms with Crippen molar-refractivity contribution in [3.05, 3.63) is 0 Å². The lowest BCUT2D eigenvalue weighted by atomic mass is 9.71. The van der Waals surface area contributed by atoms with E-state index in [-0.39, 0.29) is 53.9 Å². The minimum absolute atomic E-state index is 0.0117. The lowest BCUT2D eigenvalue weighted by Gasteiger charge is -2.55. The van der Waals surface area contributed by atoms with Crippen LogP contribution in [0, 0.1) is 41.4 Å². The SMILES string of the molecule is CC[C@@H](C(=O)[C@@H](C)[C@@H](O)[C@H](C)C1O[C@@](C)([C@@H](CC)C(=O)O)CC[C@@H]1C)C1O[C@]2(CCC[C@]3(CC[C@@](C)([C@H]4CC[C@](O)(CC)[C@H](C)O4)O3)O2)[C@H](C)C[C@@H]1C.CO. The fourth-order valence-electron chi connectivity index (χ4n) is 11.3. The molecule has 5 heterocycles. The molecule has 4 N–H and O–H groups in total. The number of aliphatic hydroxyl groups is 3. The third-order valence-electron chi connectivity index (χ3n) is 15.2. The quantitative estimate of drug-likeness (QED) is 0.156. The van der Waals surface area contributed by atoms with E-state index in [1.807, 2.05) is 48.5 Å². The van der Waals surface area contributed by atoms with E-state index in [1.165, 1.54) is 0 Å². The van der Waals surface area contributed by atoms with Crippen molar-refractivity contribution in [2.24, 2.45) is 41.4 Å². The molecule has 11 nitrogen and oxygen atoms in total. The Morgan fingerprint density at radius 3 is 2.07 bits per heavy atom. The summed E-state index contributed by atoms with van der Waals surface area (Å²) >= 11 is 0. The first-order valence-electron chi connectivity index (χ1n) is 21.8. The first-order valence-corrected chi connectivity index (χ1v) is 21.8. The van der Waals surface area contributed by atoms with Crippen LogP contribution in [0.15, 0.2) is 0 Å². The van der Waals surface area contributed by atoms with Gasteiger partial charge in [0.15, 0.2) is 11.6 Å². The summed E-state index contributed by atoms with van der Waals surface area (Å²) in [7, 11) is 1.00. The molecule has 0 saturated carbocycles. The highest BCUT2D eigenvalue weighted by Gasteiger charge is 2.61. The van der Waals surface area contributed by atoms with Crippen molar-refractivity contribution in [2.75, 3.05) is 7.11 Å². The third-order valence-corrected chi connectivity index (χ3v) is 15.2. The van der Waals surface area contributed by atoms with E-state index >= 15 is 0 Å². The number of carboxylic acids is 1. The average molecular weight is 783 g/mol. The number of hydrogen-bond acceptors (Lipinski definition) is 10. The number of carbonyl (C=O) groups is 2. The van der Waals surface area contributed by atoms with Gasteiger partial charge in [0.2, 0.25) is 0 Å². The second-order valence-electron chi connectivity index (χ2n) is 18.8. The van der Waals surface area contributed by atoms with Gasteiger partial charge < -0.3 is 44.1 Å². The van der Waals surface area contributed by atoms with E-state index in [2.05, 4.69) is 27.7 Å². The van der Waals surface area contributed by atoms with Gasteiger partial charge in [-0.2, -0.15) is 0 Å². The van der Waals surface area contributed by atoms with Crippen LogP contribution < -0.4 is 0 Å². The number of carbonyl (C=O) groups excluding carboxylic acids is 1. The van der Waals surface area contributed by atoms with Crippen LogP contribution in [0.4, 0.5) is 0 Å². The van der Waals surface area contributed by atoms with Gasteiger partial charge in [-0.3, -0.25) is 9.59 Å². The summed E-state index contributed by atoms with van der Waals surface area (Å²) in [6.07, 6.45) is 7.19. The number of aliphatic carboxylic acids is 1. The van der Waals surface area contributed by atoms with Crippen LogP contribution in [0.25, 0.3) is 0 Å². The lowest BCUT2D eigenvalue weighted by Crippen LogP contribution is -2.61. The van der Waals surface area contributed by atoms with Crippen LogP contribution in [0.5, 0.6) is 0 Å². The van der Waals surface area contributed by atoms with E-state index in [4.69, 9.17) is 28.8 Å². The maximum absolute atomic E-state index is 14.5. The van der Waals surface area contributed by atoms with Gasteiger partial charge in [0, 0.05) is 50.0 Å². The van der Waals surface area contributed by atoms with E-state index < -0.39 is 58.2 Å².